The number of amides is 2. The zero-order valence-corrected chi connectivity index (χ0v) is 19.5. The van der Waals surface area contributed by atoms with Crippen molar-refractivity contribution in [2.45, 2.75) is 54.1 Å². The fourth-order valence-electron chi connectivity index (χ4n) is 3.22. The number of hydrogen-bond acceptors (Lipinski definition) is 3. The average Bonchev–Trinajstić information content (AvgIpc) is 3.06. The van der Waals surface area contributed by atoms with Crippen LogP contribution in [0.5, 0.6) is 0 Å². The first-order chi connectivity index (χ1) is 14.2. The van der Waals surface area contributed by atoms with Gasteiger partial charge < -0.3 is 9.80 Å². The van der Waals surface area contributed by atoms with E-state index in [4.69, 9.17) is 0 Å². The fraction of sp³-hybridized carbons (Fsp3) is 0.500. The van der Waals surface area contributed by atoms with Crippen LogP contribution in [-0.4, -0.2) is 34.7 Å². The normalized spacial score (nSPS) is 11.2. The number of rotatable bonds is 10. The highest BCUT2D eigenvalue weighted by molar-refractivity contribution is 7.10. The molecule has 0 radical (unpaired) electrons. The highest BCUT2D eigenvalue weighted by Crippen LogP contribution is 2.20. The Kier molecular flexibility index (Phi) is 9.03. The van der Waals surface area contributed by atoms with Gasteiger partial charge in [0.15, 0.2) is 0 Å². The van der Waals surface area contributed by atoms with Gasteiger partial charge in [-0.15, -0.1) is 11.3 Å². The van der Waals surface area contributed by atoms with Crippen molar-refractivity contribution in [3.63, 3.8) is 0 Å². The summed E-state index contributed by atoms with van der Waals surface area (Å²) in [4.78, 5) is 30.6. The van der Waals surface area contributed by atoms with Crippen molar-refractivity contribution >= 4 is 23.2 Å². The van der Waals surface area contributed by atoms with Gasteiger partial charge in [0, 0.05) is 24.4 Å². The Labute approximate surface area is 183 Å². The molecule has 0 unspecified atom stereocenters. The number of carbonyl (C=O) groups is 2. The van der Waals surface area contributed by atoms with Crippen molar-refractivity contribution in [3.05, 3.63) is 57.5 Å². The van der Waals surface area contributed by atoms with E-state index in [0.717, 1.165) is 16.0 Å². The summed E-state index contributed by atoms with van der Waals surface area (Å²) in [5, 5.41) is 2.02. The number of carbonyl (C=O) groups excluding carboxylic acids is 2. The standard InChI is InChI=1S/C24H33FN2O2S/c1-17(2)12-23(28)26(13-18(3)4)16-24(29)27(15-22-19(5)10-11-30-22)14-20-6-8-21(25)9-7-20/h6-11,17-18H,12-16H2,1-5H3. The number of hydrogen-bond donors (Lipinski definition) is 0. The van der Waals surface area contributed by atoms with Crippen LogP contribution in [0.1, 0.15) is 50.1 Å². The van der Waals surface area contributed by atoms with Crippen molar-refractivity contribution in [2.75, 3.05) is 13.1 Å². The van der Waals surface area contributed by atoms with E-state index in [1.165, 1.54) is 12.1 Å². The molecule has 0 aliphatic carbocycles. The van der Waals surface area contributed by atoms with Gasteiger partial charge in [-0.05, 0) is 53.5 Å². The molecule has 0 spiro atoms. The molecule has 0 N–H and O–H groups in total. The summed E-state index contributed by atoms with van der Waals surface area (Å²) >= 11 is 1.62. The lowest BCUT2D eigenvalue weighted by molar-refractivity contribution is -0.142. The summed E-state index contributed by atoms with van der Waals surface area (Å²) in [6.45, 7) is 11.6. The van der Waals surface area contributed by atoms with E-state index in [2.05, 4.69) is 0 Å². The van der Waals surface area contributed by atoms with Crippen molar-refractivity contribution in [2.24, 2.45) is 11.8 Å². The van der Waals surface area contributed by atoms with Crippen LogP contribution in [0.3, 0.4) is 0 Å². The maximum atomic E-state index is 13.3. The summed E-state index contributed by atoms with van der Waals surface area (Å²) in [7, 11) is 0. The molecular formula is C24H33FN2O2S. The Hall–Kier alpha value is -2.21. The van der Waals surface area contributed by atoms with Gasteiger partial charge in [0.1, 0.15) is 5.82 Å². The summed E-state index contributed by atoms with van der Waals surface area (Å²) in [6, 6.07) is 8.26. The molecule has 164 valence electrons. The van der Waals surface area contributed by atoms with Gasteiger partial charge in [-0.3, -0.25) is 9.59 Å². The maximum absolute atomic E-state index is 13.3. The van der Waals surface area contributed by atoms with Crippen LogP contribution in [-0.2, 0) is 22.7 Å². The summed E-state index contributed by atoms with van der Waals surface area (Å²) < 4.78 is 13.3. The quantitative estimate of drug-likeness (QED) is 0.514. The van der Waals surface area contributed by atoms with Gasteiger partial charge in [0.25, 0.3) is 0 Å². The Balaban J connectivity index is 2.21. The minimum Gasteiger partial charge on any atom is -0.333 e. The Morgan fingerprint density at radius 2 is 1.60 bits per heavy atom. The molecule has 30 heavy (non-hydrogen) atoms. The minimum absolute atomic E-state index is 0.0149. The van der Waals surface area contributed by atoms with Crippen LogP contribution in [0.4, 0.5) is 4.39 Å². The van der Waals surface area contributed by atoms with Gasteiger partial charge in [-0.2, -0.15) is 0 Å². The van der Waals surface area contributed by atoms with E-state index in [1.54, 1.807) is 33.3 Å². The number of thiophene rings is 1. The van der Waals surface area contributed by atoms with Crippen LogP contribution in [0.25, 0.3) is 0 Å². The molecule has 0 atom stereocenters. The van der Waals surface area contributed by atoms with Crippen molar-refractivity contribution < 1.29 is 14.0 Å². The molecule has 0 fully saturated rings. The van der Waals surface area contributed by atoms with Gasteiger partial charge in [-0.1, -0.05) is 39.8 Å². The second-order valence-corrected chi connectivity index (χ2v) is 9.67. The molecule has 0 aliphatic rings. The lowest BCUT2D eigenvalue weighted by atomic mass is 10.1. The molecular weight excluding hydrogens is 399 g/mol. The van der Waals surface area contributed by atoms with E-state index in [9.17, 15) is 14.0 Å². The van der Waals surface area contributed by atoms with E-state index in [0.29, 0.717) is 26.1 Å². The largest absolute Gasteiger partial charge is 0.333 e. The molecule has 0 saturated carbocycles. The average molecular weight is 433 g/mol. The molecule has 1 heterocycles. The SMILES string of the molecule is Cc1ccsc1CN(Cc1ccc(F)cc1)C(=O)CN(CC(C)C)C(=O)CC(C)C. The highest BCUT2D eigenvalue weighted by Gasteiger charge is 2.23. The number of nitrogens with zero attached hydrogens (tertiary/aromatic N) is 2. The molecule has 0 aliphatic heterocycles. The monoisotopic (exact) mass is 432 g/mol. The zero-order chi connectivity index (χ0) is 22.3. The second kappa shape index (κ2) is 11.3. The van der Waals surface area contributed by atoms with Crippen LogP contribution >= 0.6 is 11.3 Å². The van der Waals surface area contributed by atoms with E-state index < -0.39 is 0 Å². The topological polar surface area (TPSA) is 40.6 Å². The predicted molar refractivity (Wildman–Crippen MR) is 121 cm³/mol. The number of halogens is 1. The smallest absolute Gasteiger partial charge is 0.242 e. The summed E-state index contributed by atoms with van der Waals surface area (Å²) in [6.07, 6.45) is 0.433. The van der Waals surface area contributed by atoms with Gasteiger partial charge in [-0.25, -0.2) is 4.39 Å². The molecule has 2 rings (SSSR count). The summed E-state index contributed by atoms with van der Waals surface area (Å²) in [5.41, 5.74) is 2.01. The first-order valence-electron chi connectivity index (χ1n) is 10.5. The summed E-state index contributed by atoms with van der Waals surface area (Å²) in [5.74, 6) is 0.143. The van der Waals surface area contributed by atoms with E-state index >= 15 is 0 Å². The highest BCUT2D eigenvalue weighted by atomic mass is 32.1. The molecule has 4 nitrogen and oxygen atoms in total. The van der Waals surface area contributed by atoms with E-state index in [1.807, 2.05) is 46.1 Å². The molecule has 0 saturated heterocycles. The third kappa shape index (κ3) is 7.56. The first kappa shape index (κ1) is 24.1. The lowest BCUT2D eigenvalue weighted by Crippen LogP contribution is -2.44. The first-order valence-corrected chi connectivity index (χ1v) is 11.4. The minimum atomic E-state index is -0.298. The molecule has 6 heteroatoms. The third-order valence-electron chi connectivity index (χ3n) is 4.79. The van der Waals surface area contributed by atoms with Crippen LogP contribution in [0, 0.1) is 24.6 Å². The molecule has 1 aromatic carbocycles. The Morgan fingerprint density at radius 1 is 0.933 bits per heavy atom. The molecule has 1 aromatic heterocycles. The number of benzene rings is 1. The predicted octanol–water partition coefficient (Wildman–Crippen LogP) is 5.26. The second-order valence-electron chi connectivity index (χ2n) is 8.67. The Bertz CT molecular complexity index is 830. The van der Waals surface area contributed by atoms with Gasteiger partial charge >= 0.3 is 0 Å². The van der Waals surface area contributed by atoms with Crippen molar-refractivity contribution in [1.82, 2.24) is 9.80 Å². The molecule has 0 bridgehead atoms. The van der Waals surface area contributed by atoms with Crippen LogP contribution < -0.4 is 0 Å². The molecule has 2 aromatic rings. The Morgan fingerprint density at radius 3 is 2.13 bits per heavy atom. The zero-order valence-electron chi connectivity index (χ0n) is 18.7. The number of aryl methyl sites for hydroxylation is 1. The van der Waals surface area contributed by atoms with Crippen molar-refractivity contribution in [1.29, 1.82) is 0 Å². The van der Waals surface area contributed by atoms with E-state index in [-0.39, 0.29) is 36.0 Å². The third-order valence-corrected chi connectivity index (χ3v) is 5.80. The lowest BCUT2D eigenvalue weighted by Gasteiger charge is -2.29. The van der Waals surface area contributed by atoms with Crippen LogP contribution in [0.2, 0.25) is 0 Å². The molecule has 2 amide bonds. The van der Waals surface area contributed by atoms with Gasteiger partial charge in [0.05, 0.1) is 13.1 Å². The van der Waals surface area contributed by atoms with Gasteiger partial charge in [0.2, 0.25) is 11.8 Å². The fourth-order valence-corrected chi connectivity index (χ4v) is 4.14. The van der Waals surface area contributed by atoms with Crippen LogP contribution in [0.15, 0.2) is 35.7 Å². The maximum Gasteiger partial charge on any atom is 0.242 e. The van der Waals surface area contributed by atoms with Crippen molar-refractivity contribution in [3.8, 4) is 0 Å².